The summed E-state index contributed by atoms with van der Waals surface area (Å²) in [6.45, 7) is 4.24. The number of hydrogen-bond acceptors (Lipinski definition) is 5. The second-order valence-corrected chi connectivity index (χ2v) is 8.41. The van der Waals surface area contributed by atoms with Crippen molar-refractivity contribution in [3.63, 3.8) is 0 Å². The molecule has 3 aromatic rings. The minimum atomic E-state index is -0.739. The summed E-state index contributed by atoms with van der Waals surface area (Å²) in [5.41, 5.74) is 3.04. The fourth-order valence-electron chi connectivity index (χ4n) is 3.21. The summed E-state index contributed by atoms with van der Waals surface area (Å²) in [6.07, 6.45) is 0.0229. The molecule has 8 heteroatoms. The summed E-state index contributed by atoms with van der Waals surface area (Å²) in [6, 6.07) is 17.0. The number of rotatable bonds is 6. The zero-order valence-electron chi connectivity index (χ0n) is 16.8. The SMILES string of the molecule is CC(C)c1ccc(NC(=O)[C@H]2CC(=O)Nc3nc(SCc4ccccc4)nn32)cc1. The number of carbonyl (C=O) groups excluding carboxylic acids is 2. The van der Waals surface area contributed by atoms with Crippen LogP contribution in [0.15, 0.2) is 59.8 Å². The van der Waals surface area contributed by atoms with Crippen molar-refractivity contribution in [3.8, 4) is 0 Å². The van der Waals surface area contributed by atoms with Gasteiger partial charge in [-0.2, -0.15) is 4.98 Å². The number of nitrogens with zero attached hydrogens (tertiary/aromatic N) is 3. The van der Waals surface area contributed by atoms with E-state index in [4.69, 9.17) is 0 Å². The first-order valence-corrected chi connectivity index (χ1v) is 10.8. The minimum absolute atomic E-state index is 0.0229. The highest BCUT2D eigenvalue weighted by Crippen LogP contribution is 2.28. The molecular formula is C22H23N5O2S. The maximum Gasteiger partial charge on any atom is 0.249 e. The van der Waals surface area contributed by atoms with Crippen LogP contribution in [-0.4, -0.2) is 26.6 Å². The first-order valence-electron chi connectivity index (χ1n) is 9.83. The summed E-state index contributed by atoms with van der Waals surface area (Å²) in [4.78, 5) is 29.4. The summed E-state index contributed by atoms with van der Waals surface area (Å²) in [5.74, 6) is 0.897. The molecule has 0 unspecified atom stereocenters. The molecule has 1 aliphatic heterocycles. The Labute approximate surface area is 179 Å². The normalized spacial score (nSPS) is 15.6. The van der Waals surface area contributed by atoms with E-state index in [1.54, 1.807) is 0 Å². The summed E-state index contributed by atoms with van der Waals surface area (Å²) >= 11 is 1.46. The third-order valence-corrected chi connectivity index (χ3v) is 5.80. The Hall–Kier alpha value is -3.13. The Balaban J connectivity index is 1.48. The van der Waals surface area contributed by atoms with Gasteiger partial charge in [-0.05, 0) is 29.2 Å². The van der Waals surface area contributed by atoms with E-state index in [0.29, 0.717) is 28.5 Å². The number of hydrogen-bond donors (Lipinski definition) is 2. The zero-order chi connectivity index (χ0) is 21.1. The van der Waals surface area contributed by atoms with Crippen molar-refractivity contribution in [3.05, 3.63) is 65.7 Å². The predicted octanol–water partition coefficient (Wildman–Crippen LogP) is 4.22. The van der Waals surface area contributed by atoms with Crippen LogP contribution in [0.2, 0.25) is 0 Å². The second-order valence-electron chi connectivity index (χ2n) is 7.47. The number of anilines is 2. The van der Waals surface area contributed by atoms with Crippen LogP contribution < -0.4 is 10.6 Å². The Morgan fingerprint density at radius 1 is 1.20 bits per heavy atom. The molecule has 2 amide bonds. The van der Waals surface area contributed by atoms with Crippen molar-refractivity contribution in [2.24, 2.45) is 0 Å². The van der Waals surface area contributed by atoms with Crippen molar-refractivity contribution in [2.45, 2.75) is 43.1 Å². The molecular weight excluding hydrogens is 398 g/mol. The van der Waals surface area contributed by atoms with Crippen molar-refractivity contribution in [1.82, 2.24) is 14.8 Å². The number of benzene rings is 2. The molecule has 1 aliphatic rings. The van der Waals surface area contributed by atoms with Gasteiger partial charge in [-0.15, -0.1) is 5.10 Å². The molecule has 0 saturated carbocycles. The molecule has 0 saturated heterocycles. The van der Waals surface area contributed by atoms with Gasteiger partial charge in [0.1, 0.15) is 6.04 Å². The van der Waals surface area contributed by atoms with E-state index in [2.05, 4.69) is 34.6 Å². The van der Waals surface area contributed by atoms with E-state index in [0.717, 1.165) is 5.56 Å². The first kappa shape index (κ1) is 20.2. The zero-order valence-corrected chi connectivity index (χ0v) is 17.6. The van der Waals surface area contributed by atoms with Crippen LogP contribution in [0.1, 0.15) is 43.4 Å². The molecule has 2 aromatic carbocycles. The number of thioether (sulfide) groups is 1. The average molecular weight is 422 g/mol. The largest absolute Gasteiger partial charge is 0.324 e. The van der Waals surface area contributed by atoms with Crippen LogP contribution in [0.3, 0.4) is 0 Å². The van der Waals surface area contributed by atoms with Gasteiger partial charge < -0.3 is 5.32 Å². The van der Waals surface area contributed by atoms with Crippen molar-refractivity contribution >= 4 is 35.2 Å². The fourth-order valence-corrected chi connectivity index (χ4v) is 3.99. The molecule has 7 nitrogen and oxygen atoms in total. The molecule has 1 atom stereocenters. The molecule has 0 radical (unpaired) electrons. The van der Waals surface area contributed by atoms with Crippen LogP contribution in [0.25, 0.3) is 0 Å². The number of carbonyl (C=O) groups is 2. The van der Waals surface area contributed by atoms with Gasteiger partial charge in [0.2, 0.25) is 22.9 Å². The third-order valence-electron chi connectivity index (χ3n) is 4.90. The number of fused-ring (bicyclic) bond motifs is 1. The van der Waals surface area contributed by atoms with Crippen LogP contribution in [0.5, 0.6) is 0 Å². The number of nitrogens with one attached hydrogen (secondary N) is 2. The molecule has 154 valence electrons. The van der Waals surface area contributed by atoms with Crippen molar-refractivity contribution in [1.29, 1.82) is 0 Å². The standard InChI is InChI=1S/C22H23N5O2S/c1-14(2)16-8-10-17(11-9-16)23-20(29)18-12-19(28)24-21-25-22(26-27(18)21)30-13-15-6-4-3-5-7-15/h3-11,14,18H,12-13H2,1-2H3,(H,23,29)(H,24,25,26,28)/t18-/m1/s1. The quantitative estimate of drug-likeness (QED) is 0.582. The number of amides is 2. The first-order chi connectivity index (χ1) is 14.5. The second kappa shape index (κ2) is 8.71. The Morgan fingerprint density at radius 3 is 2.63 bits per heavy atom. The molecule has 2 heterocycles. The Bertz CT molecular complexity index is 1050. The third kappa shape index (κ3) is 4.54. The molecule has 1 aromatic heterocycles. The summed E-state index contributed by atoms with van der Waals surface area (Å²) in [5, 5.41) is 10.6. The van der Waals surface area contributed by atoms with E-state index in [9.17, 15) is 9.59 Å². The lowest BCUT2D eigenvalue weighted by molar-refractivity contribution is -0.125. The highest BCUT2D eigenvalue weighted by Gasteiger charge is 2.33. The van der Waals surface area contributed by atoms with Gasteiger partial charge in [0.05, 0.1) is 6.42 Å². The van der Waals surface area contributed by atoms with Gasteiger partial charge in [0, 0.05) is 11.4 Å². The van der Waals surface area contributed by atoms with Crippen LogP contribution >= 0.6 is 11.8 Å². The average Bonchev–Trinajstić information content (AvgIpc) is 3.15. The molecule has 0 spiro atoms. The summed E-state index contributed by atoms with van der Waals surface area (Å²) in [7, 11) is 0. The predicted molar refractivity (Wildman–Crippen MR) is 117 cm³/mol. The molecule has 30 heavy (non-hydrogen) atoms. The monoisotopic (exact) mass is 421 g/mol. The fraction of sp³-hybridized carbons (Fsp3) is 0.273. The smallest absolute Gasteiger partial charge is 0.249 e. The lowest BCUT2D eigenvalue weighted by atomic mass is 10.0. The maximum absolute atomic E-state index is 12.9. The highest BCUT2D eigenvalue weighted by atomic mass is 32.2. The summed E-state index contributed by atoms with van der Waals surface area (Å²) < 4.78 is 1.51. The lowest BCUT2D eigenvalue weighted by Gasteiger charge is -2.22. The van der Waals surface area contributed by atoms with Gasteiger partial charge in [-0.25, -0.2) is 4.68 Å². The highest BCUT2D eigenvalue weighted by molar-refractivity contribution is 7.98. The lowest BCUT2D eigenvalue weighted by Crippen LogP contribution is -2.36. The van der Waals surface area contributed by atoms with Crippen LogP contribution in [0, 0.1) is 0 Å². The topological polar surface area (TPSA) is 88.9 Å². The van der Waals surface area contributed by atoms with E-state index in [-0.39, 0.29) is 18.2 Å². The van der Waals surface area contributed by atoms with E-state index < -0.39 is 6.04 Å². The van der Waals surface area contributed by atoms with Gasteiger partial charge in [0.15, 0.2) is 0 Å². The van der Waals surface area contributed by atoms with Crippen molar-refractivity contribution in [2.75, 3.05) is 10.6 Å². The van der Waals surface area contributed by atoms with Gasteiger partial charge in [-0.1, -0.05) is 68.1 Å². The molecule has 0 fully saturated rings. The van der Waals surface area contributed by atoms with E-state index in [1.807, 2.05) is 54.6 Å². The van der Waals surface area contributed by atoms with Crippen LogP contribution in [0.4, 0.5) is 11.6 Å². The van der Waals surface area contributed by atoms with E-state index in [1.165, 1.54) is 22.0 Å². The van der Waals surface area contributed by atoms with Gasteiger partial charge in [-0.3, -0.25) is 14.9 Å². The molecule has 0 aliphatic carbocycles. The number of aromatic nitrogens is 3. The molecule has 4 rings (SSSR count). The Kier molecular flexibility index (Phi) is 5.85. The van der Waals surface area contributed by atoms with Gasteiger partial charge >= 0.3 is 0 Å². The van der Waals surface area contributed by atoms with Gasteiger partial charge in [0.25, 0.3) is 0 Å². The van der Waals surface area contributed by atoms with E-state index >= 15 is 0 Å². The molecule has 2 N–H and O–H groups in total. The van der Waals surface area contributed by atoms with Crippen LogP contribution in [-0.2, 0) is 15.3 Å². The maximum atomic E-state index is 12.9. The minimum Gasteiger partial charge on any atom is -0.324 e. The van der Waals surface area contributed by atoms with Crippen molar-refractivity contribution < 1.29 is 9.59 Å². The Morgan fingerprint density at radius 2 is 1.93 bits per heavy atom. The molecule has 0 bridgehead atoms.